The zero-order valence-corrected chi connectivity index (χ0v) is 13.2. The third-order valence-electron chi connectivity index (χ3n) is 4.30. The number of nitrogens with zero attached hydrogens (tertiary/aromatic N) is 3. The van der Waals surface area contributed by atoms with E-state index in [-0.39, 0.29) is 11.8 Å². The lowest BCUT2D eigenvalue weighted by Crippen LogP contribution is -2.33. The van der Waals surface area contributed by atoms with Crippen LogP contribution in [0.4, 0.5) is 5.82 Å². The molecule has 21 heavy (non-hydrogen) atoms. The van der Waals surface area contributed by atoms with Crippen LogP contribution >= 0.6 is 0 Å². The summed E-state index contributed by atoms with van der Waals surface area (Å²) in [4.78, 5) is 18.6. The first kappa shape index (κ1) is 15.3. The highest BCUT2D eigenvalue weighted by molar-refractivity contribution is 5.80. The molecule has 0 radical (unpaired) electrons. The van der Waals surface area contributed by atoms with Gasteiger partial charge in [-0.05, 0) is 45.2 Å². The number of carbonyl (C=O) groups is 1. The molecular weight excluding hydrogens is 264 g/mol. The summed E-state index contributed by atoms with van der Waals surface area (Å²) in [7, 11) is 0. The van der Waals surface area contributed by atoms with E-state index in [0.717, 1.165) is 35.6 Å². The summed E-state index contributed by atoms with van der Waals surface area (Å²) in [6.45, 7) is 9.89. The maximum absolute atomic E-state index is 11.9. The highest BCUT2D eigenvalue weighted by atomic mass is 16.1. The van der Waals surface area contributed by atoms with Crippen molar-refractivity contribution in [2.24, 2.45) is 5.92 Å². The van der Waals surface area contributed by atoms with Gasteiger partial charge in [-0.2, -0.15) is 5.26 Å². The number of aryl methyl sites for hydroxylation is 1. The van der Waals surface area contributed by atoms with Gasteiger partial charge in [-0.15, -0.1) is 0 Å². The van der Waals surface area contributed by atoms with Crippen molar-refractivity contribution in [1.29, 1.82) is 5.26 Å². The molecule has 0 saturated carbocycles. The third-order valence-corrected chi connectivity index (χ3v) is 4.30. The zero-order valence-electron chi connectivity index (χ0n) is 13.2. The SMILES string of the molecule is CCNC(=O)[C@@H]1CCN(c2nc(C)c(C)c(C)c2C#N)C1. The number of aromatic nitrogens is 1. The predicted octanol–water partition coefficient (Wildman–Crippen LogP) is 1.84. The van der Waals surface area contributed by atoms with Gasteiger partial charge in [0.1, 0.15) is 11.9 Å². The molecule has 0 aliphatic carbocycles. The van der Waals surface area contributed by atoms with E-state index in [9.17, 15) is 10.1 Å². The second kappa shape index (κ2) is 6.13. The van der Waals surface area contributed by atoms with E-state index in [1.54, 1.807) is 0 Å². The monoisotopic (exact) mass is 286 g/mol. The second-order valence-corrected chi connectivity index (χ2v) is 5.58. The molecule has 1 N–H and O–H groups in total. The molecule has 5 heteroatoms. The van der Waals surface area contributed by atoms with Crippen LogP contribution in [0, 0.1) is 38.0 Å². The van der Waals surface area contributed by atoms with Crippen molar-refractivity contribution in [3.05, 3.63) is 22.4 Å². The number of amides is 1. The number of hydrogen-bond donors (Lipinski definition) is 1. The smallest absolute Gasteiger partial charge is 0.224 e. The van der Waals surface area contributed by atoms with E-state index >= 15 is 0 Å². The van der Waals surface area contributed by atoms with Crippen molar-refractivity contribution in [1.82, 2.24) is 10.3 Å². The quantitative estimate of drug-likeness (QED) is 0.920. The van der Waals surface area contributed by atoms with Crippen LogP contribution in [0.25, 0.3) is 0 Å². The molecule has 1 atom stereocenters. The molecule has 0 aromatic carbocycles. The molecule has 1 aromatic heterocycles. The van der Waals surface area contributed by atoms with Crippen LogP contribution in [0.5, 0.6) is 0 Å². The van der Waals surface area contributed by atoms with Crippen LogP contribution in [-0.2, 0) is 4.79 Å². The lowest BCUT2D eigenvalue weighted by molar-refractivity contribution is -0.124. The van der Waals surface area contributed by atoms with Gasteiger partial charge in [0.25, 0.3) is 0 Å². The Bertz CT molecular complexity index is 603. The van der Waals surface area contributed by atoms with E-state index in [1.165, 1.54) is 0 Å². The maximum atomic E-state index is 11.9. The van der Waals surface area contributed by atoms with Crippen LogP contribution in [-0.4, -0.2) is 30.5 Å². The van der Waals surface area contributed by atoms with E-state index < -0.39 is 0 Å². The molecule has 0 bridgehead atoms. The number of carbonyl (C=O) groups excluding carboxylic acids is 1. The van der Waals surface area contributed by atoms with Gasteiger partial charge in [-0.25, -0.2) is 4.98 Å². The van der Waals surface area contributed by atoms with Crippen LogP contribution in [0.1, 0.15) is 35.7 Å². The normalized spacial score (nSPS) is 17.7. The molecule has 1 aliphatic heterocycles. The van der Waals surface area contributed by atoms with Gasteiger partial charge in [0.2, 0.25) is 5.91 Å². The number of rotatable bonds is 3. The molecule has 1 saturated heterocycles. The van der Waals surface area contributed by atoms with Crippen molar-refractivity contribution in [3.63, 3.8) is 0 Å². The minimum absolute atomic E-state index is 0.0137. The van der Waals surface area contributed by atoms with Gasteiger partial charge >= 0.3 is 0 Å². The molecule has 1 aliphatic rings. The Morgan fingerprint density at radius 2 is 2.14 bits per heavy atom. The van der Waals surface area contributed by atoms with Crippen LogP contribution in [0.2, 0.25) is 0 Å². The van der Waals surface area contributed by atoms with Crippen LogP contribution in [0.3, 0.4) is 0 Å². The van der Waals surface area contributed by atoms with Gasteiger partial charge in [0.15, 0.2) is 0 Å². The molecule has 2 rings (SSSR count). The Morgan fingerprint density at radius 3 is 2.76 bits per heavy atom. The topological polar surface area (TPSA) is 69.0 Å². The van der Waals surface area contributed by atoms with Crippen LogP contribution in [0.15, 0.2) is 0 Å². The largest absolute Gasteiger partial charge is 0.356 e. The van der Waals surface area contributed by atoms with Gasteiger partial charge in [0, 0.05) is 25.3 Å². The van der Waals surface area contributed by atoms with E-state index in [4.69, 9.17) is 0 Å². The molecule has 1 fully saturated rings. The number of nitriles is 1. The Labute approximate surface area is 126 Å². The maximum Gasteiger partial charge on any atom is 0.224 e. The molecule has 0 unspecified atom stereocenters. The van der Waals surface area contributed by atoms with Crippen molar-refractivity contribution < 1.29 is 4.79 Å². The predicted molar refractivity (Wildman–Crippen MR) is 82.2 cm³/mol. The highest BCUT2D eigenvalue weighted by Crippen LogP contribution is 2.29. The Hall–Kier alpha value is -2.09. The summed E-state index contributed by atoms with van der Waals surface area (Å²) in [5.41, 5.74) is 3.63. The fourth-order valence-electron chi connectivity index (χ4n) is 2.77. The number of hydrogen-bond acceptors (Lipinski definition) is 4. The molecule has 1 aromatic rings. The van der Waals surface area contributed by atoms with E-state index in [2.05, 4.69) is 21.3 Å². The second-order valence-electron chi connectivity index (χ2n) is 5.58. The summed E-state index contributed by atoms with van der Waals surface area (Å²) in [5, 5.41) is 12.3. The Kier molecular flexibility index (Phi) is 4.46. The highest BCUT2D eigenvalue weighted by Gasteiger charge is 2.30. The first-order valence-electron chi connectivity index (χ1n) is 7.40. The number of pyridine rings is 1. The first-order chi connectivity index (χ1) is 9.99. The van der Waals surface area contributed by atoms with Crippen molar-refractivity contribution in [2.45, 2.75) is 34.1 Å². The first-order valence-corrected chi connectivity index (χ1v) is 7.40. The summed E-state index contributed by atoms with van der Waals surface area (Å²) in [6, 6.07) is 2.27. The van der Waals surface area contributed by atoms with E-state index in [1.807, 2.05) is 27.7 Å². The summed E-state index contributed by atoms with van der Waals surface area (Å²) in [6.07, 6.45) is 0.810. The van der Waals surface area contributed by atoms with Crippen molar-refractivity contribution in [2.75, 3.05) is 24.5 Å². The van der Waals surface area contributed by atoms with Gasteiger partial charge in [-0.1, -0.05) is 0 Å². The average molecular weight is 286 g/mol. The number of nitrogens with one attached hydrogen (secondary N) is 1. The summed E-state index contributed by atoms with van der Waals surface area (Å²) in [5.74, 6) is 0.809. The fraction of sp³-hybridized carbons (Fsp3) is 0.562. The molecule has 112 valence electrons. The zero-order chi connectivity index (χ0) is 15.6. The molecule has 5 nitrogen and oxygen atoms in total. The minimum Gasteiger partial charge on any atom is -0.356 e. The lowest BCUT2D eigenvalue weighted by Gasteiger charge is -2.21. The van der Waals surface area contributed by atoms with Gasteiger partial charge < -0.3 is 10.2 Å². The molecule has 0 spiro atoms. The fourth-order valence-corrected chi connectivity index (χ4v) is 2.77. The van der Waals surface area contributed by atoms with Gasteiger partial charge in [-0.3, -0.25) is 4.79 Å². The standard InChI is InChI=1S/C16H22N4O/c1-5-18-16(21)13-6-7-20(9-13)15-14(8-17)11(3)10(2)12(4)19-15/h13H,5-7,9H2,1-4H3,(H,18,21)/t13-/m1/s1. The third kappa shape index (κ3) is 2.85. The van der Waals surface area contributed by atoms with Crippen molar-refractivity contribution >= 4 is 11.7 Å². The Morgan fingerprint density at radius 1 is 1.43 bits per heavy atom. The van der Waals surface area contributed by atoms with Crippen molar-refractivity contribution in [3.8, 4) is 6.07 Å². The minimum atomic E-state index is -0.0137. The summed E-state index contributed by atoms with van der Waals surface area (Å²) < 4.78 is 0. The summed E-state index contributed by atoms with van der Waals surface area (Å²) >= 11 is 0. The van der Waals surface area contributed by atoms with Crippen LogP contribution < -0.4 is 10.2 Å². The van der Waals surface area contributed by atoms with E-state index in [0.29, 0.717) is 18.7 Å². The molecular formula is C16H22N4O. The lowest BCUT2D eigenvalue weighted by atomic mass is 10.0. The molecule has 1 amide bonds. The Balaban J connectivity index is 2.29. The van der Waals surface area contributed by atoms with Gasteiger partial charge in [0.05, 0.1) is 11.5 Å². The molecule has 2 heterocycles. The average Bonchev–Trinajstić information content (AvgIpc) is 2.94. The number of anilines is 1.